The van der Waals surface area contributed by atoms with Crippen LogP contribution in [-0.4, -0.2) is 12.0 Å². The van der Waals surface area contributed by atoms with Crippen LogP contribution in [0.4, 0.5) is 5.69 Å². The Balaban J connectivity index is 2.98. The summed E-state index contributed by atoms with van der Waals surface area (Å²) >= 11 is 0. The minimum absolute atomic E-state index is 0.0985. The number of benzene rings is 1. The molecule has 0 amide bonds. The smallest absolute Gasteiger partial charge is 0.269 e. The van der Waals surface area contributed by atoms with Gasteiger partial charge >= 0.3 is 0 Å². The van der Waals surface area contributed by atoms with E-state index < -0.39 is 4.92 Å². The van der Waals surface area contributed by atoms with E-state index in [9.17, 15) is 10.1 Å². The third-order valence-corrected chi connectivity index (χ3v) is 1.90. The molecule has 0 saturated heterocycles. The van der Waals surface area contributed by atoms with Gasteiger partial charge in [-0.15, -0.1) is 0 Å². The summed E-state index contributed by atoms with van der Waals surface area (Å²) in [6, 6.07) is 6.45. The van der Waals surface area contributed by atoms with Crippen LogP contribution in [0.5, 0.6) is 0 Å². The molecule has 4 nitrogen and oxygen atoms in total. The fourth-order valence-corrected chi connectivity index (χ4v) is 1.03. The Morgan fingerprint density at radius 2 is 2.23 bits per heavy atom. The van der Waals surface area contributed by atoms with Crippen LogP contribution in [0.1, 0.15) is 18.6 Å². The van der Waals surface area contributed by atoms with Crippen molar-refractivity contribution in [1.82, 2.24) is 0 Å². The molecule has 70 valence electrons. The number of hydrogen-bond acceptors (Lipinski definition) is 3. The lowest BCUT2D eigenvalue weighted by Gasteiger charge is -2.08. The van der Waals surface area contributed by atoms with Gasteiger partial charge in [-0.25, -0.2) is 0 Å². The first-order valence-electron chi connectivity index (χ1n) is 3.92. The van der Waals surface area contributed by atoms with Crippen LogP contribution in [0.15, 0.2) is 24.3 Å². The number of methoxy groups -OCH3 is 1. The van der Waals surface area contributed by atoms with Crippen LogP contribution < -0.4 is 0 Å². The van der Waals surface area contributed by atoms with Gasteiger partial charge < -0.3 is 4.74 Å². The molecule has 0 radical (unpaired) electrons. The predicted octanol–water partition coefficient (Wildman–Crippen LogP) is 2.30. The van der Waals surface area contributed by atoms with E-state index >= 15 is 0 Å². The molecule has 0 N–H and O–H groups in total. The third-order valence-electron chi connectivity index (χ3n) is 1.90. The van der Waals surface area contributed by atoms with Gasteiger partial charge in [0.05, 0.1) is 11.0 Å². The molecule has 4 heteroatoms. The van der Waals surface area contributed by atoms with Crippen LogP contribution in [0.25, 0.3) is 0 Å². The summed E-state index contributed by atoms with van der Waals surface area (Å²) < 4.78 is 5.05. The normalized spacial score (nSPS) is 12.5. The van der Waals surface area contributed by atoms with Crippen molar-refractivity contribution < 1.29 is 9.66 Å². The summed E-state index contributed by atoms with van der Waals surface area (Å²) in [6.07, 6.45) is -0.111. The molecule has 0 unspecified atom stereocenters. The van der Waals surface area contributed by atoms with Crippen molar-refractivity contribution in [2.75, 3.05) is 7.11 Å². The monoisotopic (exact) mass is 181 g/mol. The number of nitro groups is 1. The van der Waals surface area contributed by atoms with E-state index in [2.05, 4.69) is 0 Å². The average Bonchev–Trinajstić information content (AvgIpc) is 2.17. The molecular weight excluding hydrogens is 170 g/mol. The second-order valence-electron chi connectivity index (χ2n) is 2.73. The number of ether oxygens (including phenoxy) is 1. The molecule has 0 bridgehead atoms. The highest BCUT2D eigenvalue weighted by molar-refractivity contribution is 5.35. The standard InChI is InChI=1S/C9H11NO3/c1-7(13-2)8-4-3-5-9(6-8)10(11)12/h3-7H,1-2H3/t7-/m0/s1. The number of hydrogen-bond donors (Lipinski definition) is 0. The average molecular weight is 181 g/mol. The van der Waals surface area contributed by atoms with E-state index in [4.69, 9.17) is 4.74 Å². The van der Waals surface area contributed by atoms with Crippen molar-refractivity contribution in [2.24, 2.45) is 0 Å². The van der Waals surface area contributed by atoms with Gasteiger partial charge in [0.15, 0.2) is 0 Å². The number of non-ortho nitro benzene ring substituents is 1. The number of nitro benzene ring substituents is 1. The summed E-state index contributed by atoms with van der Waals surface area (Å²) in [5.41, 5.74) is 0.915. The van der Waals surface area contributed by atoms with E-state index in [1.807, 2.05) is 6.92 Å². The highest BCUT2D eigenvalue weighted by atomic mass is 16.6. The molecule has 0 fully saturated rings. The molecule has 1 aromatic rings. The van der Waals surface area contributed by atoms with Crippen molar-refractivity contribution in [2.45, 2.75) is 13.0 Å². The summed E-state index contributed by atoms with van der Waals surface area (Å²) in [7, 11) is 1.57. The van der Waals surface area contributed by atoms with Gasteiger partial charge in [0.2, 0.25) is 0 Å². The van der Waals surface area contributed by atoms with E-state index in [0.717, 1.165) is 5.56 Å². The lowest BCUT2D eigenvalue weighted by Crippen LogP contribution is -1.96. The molecule has 0 saturated carbocycles. The van der Waals surface area contributed by atoms with E-state index in [1.54, 1.807) is 19.2 Å². The van der Waals surface area contributed by atoms with Crippen molar-refractivity contribution in [3.05, 3.63) is 39.9 Å². The quantitative estimate of drug-likeness (QED) is 0.531. The maximum atomic E-state index is 10.4. The second-order valence-corrected chi connectivity index (χ2v) is 2.73. The van der Waals surface area contributed by atoms with Gasteiger partial charge in [0, 0.05) is 19.2 Å². The minimum Gasteiger partial charge on any atom is -0.377 e. The number of nitrogens with zero attached hydrogens (tertiary/aromatic N) is 1. The Labute approximate surface area is 76.3 Å². The molecule has 0 aromatic heterocycles. The molecule has 1 atom stereocenters. The highest BCUT2D eigenvalue weighted by Gasteiger charge is 2.09. The van der Waals surface area contributed by atoms with Gasteiger partial charge in [0.25, 0.3) is 5.69 Å². The van der Waals surface area contributed by atoms with Crippen LogP contribution in [0, 0.1) is 10.1 Å². The number of rotatable bonds is 3. The molecule has 1 aromatic carbocycles. The fraction of sp³-hybridized carbons (Fsp3) is 0.333. The second kappa shape index (κ2) is 4.00. The largest absolute Gasteiger partial charge is 0.377 e. The molecule has 0 aliphatic heterocycles. The third kappa shape index (κ3) is 2.26. The Morgan fingerprint density at radius 3 is 2.77 bits per heavy atom. The van der Waals surface area contributed by atoms with Crippen molar-refractivity contribution in [1.29, 1.82) is 0 Å². The lowest BCUT2D eigenvalue weighted by molar-refractivity contribution is -0.385. The first kappa shape index (κ1) is 9.67. The first-order chi connectivity index (χ1) is 6.15. The highest BCUT2D eigenvalue weighted by Crippen LogP contribution is 2.20. The van der Waals surface area contributed by atoms with Crippen LogP contribution >= 0.6 is 0 Å². The minimum atomic E-state index is -0.411. The summed E-state index contributed by atoms with van der Waals surface area (Å²) in [4.78, 5) is 10.0. The first-order valence-corrected chi connectivity index (χ1v) is 3.92. The Bertz CT molecular complexity index is 311. The van der Waals surface area contributed by atoms with E-state index in [0.29, 0.717) is 0 Å². The zero-order valence-electron chi connectivity index (χ0n) is 7.56. The van der Waals surface area contributed by atoms with Gasteiger partial charge in [-0.1, -0.05) is 12.1 Å². The molecule has 1 rings (SSSR count). The van der Waals surface area contributed by atoms with Crippen LogP contribution in [0.2, 0.25) is 0 Å². The van der Waals surface area contributed by atoms with Gasteiger partial charge in [-0.2, -0.15) is 0 Å². The molecule has 13 heavy (non-hydrogen) atoms. The topological polar surface area (TPSA) is 52.4 Å². The van der Waals surface area contributed by atoms with Crippen molar-refractivity contribution in [3.63, 3.8) is 0 Å². The zero-order chi connectivity index (χ0) is 9.84. The SMILES string of the molecule is CO[C@@H](C)c1cccc([N+](=O)[O-])c1. The van der Waals surface area contributed by atoms with Gasteiger partial charge in [-0.05, 0) is 12.5 Å². The Hall–Kier alpha value is -1.42. The molecule has 0 aliphatic carbocycles. The Morgan fingerprint density at radius 1 is 1.54 bits per heavy atom. The lowest BCUT2D eigenvalue weighted by atomic mass is 10.1. The van der Waals surface area contributed by atoms with Crippen LogP contribution in [0.3, 0.4) is 0 Å². The zero-order valence-corrected chi connectivity index (χ0v) is 7.56. The Kier molecular flexibility index (Phi) is 2.97. The van der Waals surface area contributed by atoms with Gasteiger partial charge in [-0.3, -0.25) is 10.1 Å². The molecule has 0 spiro atoms. The van der Waals surface area contributed by atoms with Gasteiger partial charge in [0.1, 0.15) is 0 Å². The fourth-order valence-electron chi connectivity index (χ4n) is 1.03. The summed E-state index contributed by atoms with van der Waals surface area (Å²) in [5, 5.41) is 10.4. The van der Waals surface area contributed by atoms with Crippen molar-refractivity contribution in [3.8, 4) is 0 Å². The van der Waals surface area contributed by atoms with E-state index in [-0.39, 0.29) is 11.8 Å². The maximum Gasteiger partial charge on any atom is 0.269 e. The van der Waals surface area contributed by atoms with Crippen LogP contribution in [-0.2, 0) is 4.74 Å². The molecular formula is C9H11NO3. The molecule has 0 aliphatic rings. The van der Waals surface area contributed by atoms with Crippen molar-refractivity contribution >= 4 is 5.69 Å². The molecule has 0 heterocycles. The predicted molar refractivity (Wildman–Crippen MR) is 48.5 cm³/mol. The summed E-state index contributed by atoms with van der Waals surface area (Å²) in [5.74, 6) is 0. The maximum absolute atomic E-state index is 10.4. The summed E-state index contributed by atoms with van der Waals surface area (Å²) in [6.45, 7) is 1.85. The van der Waals surface area contributed by atoms with E-state index in [1.165, 1.54) is 12.1 Å².